The molecule has 0 aliphatic carbocycles. The third-order valence-corrected chi connectivity index (χ3v) is 4.42. The molecule has 3 rings (SSSR count). The number of carbonyl (C=O) groups excluding carboxylic acids is 1. The first-order valence-electron chi connectivity index (χ1n) is 8.52. The van der Waals surface area contributed by atoms with Gasteiger partial charge in [0.25, 0.3) is 0 Å². The second-order valence-electron chi connectivity index (χ2n) is 6.26. The highest BCUT2D eigenvalue weighted by Crippen LogP contribution is 2.18. The minimum atomic E-state index is -0.658. The summed E-state index contributed by atoms with van der Waals surface area (Å²) < 4.78 is 12.3. The molecule has 136 valence electrons. The third kappa shape index (κ3) is 3.49. The Bertz CT molecular complexity index is 973. The minimum absolute atomic E-state index is 0.174. The number of benzene rings is 2. The molecule has 0 saturated heterocycles. The van der Waals surface area contributed by atoms with Gasteiger partial charge in [0.1, 0.15) is 18.4 Å². The van der Waals surface area contributed by atoms with Gasteiger partial charge in [0, 0.05) is 7.05 Å². The number of para-hydroxylation sites is 3. The zero-order chi connectivity index (χ0) is 18.7. The molecule has 0 radical (unpaired) electrons. The van der Waals surface area contributed by atoms with Gasteiger partial charge in [-0.25, -0.2) is 4.79 Å². The zero-order valence-corrected chi connectivity index (χ0v) is 15.1. The molecule has 1 amide bonds. The quantitative estimate of drug-likeness (QED) is 0.683. The van der Waals surface area contributed by atoms with Crippen LogP contribution in [0.3, 0.4) is 0 Å². The molecular formula is C20H22N2O4. The van der Waals surface area contributed by atoms with Gasteiger partial charge in [0.2, 0.25) is 5.91 Å². The standard InChI is InChI=1S/C20H22N2O4/c1-14-8-4-6-10-17(14)25-13-12-21(3)19(23)15(2)22-16-9-5-7-11-18(16)26-20(22)24/h4-11,15H,12-13H2,1-3H3. The summed E-state index contributed by atoms with van der Waals surface area (Å²) in [6, 6.07) is 14.2. The molecule has 0 aliphatic rings. The first-order chi connectivity index (χ1) is 12.5. The SMILES string of the molecule is Cc1ccccc1OCCN(C)C(=O)C(C)n1c(=O)oc2ccccc21. The van der Waals surface area contributed by atoms with Gasteiger partial charge < -0.3 is 14.1 Å². The van der Waals surface area contributed by atoms with Gasteiger partial charge in [0.05, 0.1) is 12.1 Å². The fourth-order valence-electron chi connectivity index (χ4n) is 2.90. The zero-order valence-electron chi connectivity index (χ0n) is 15.1. The van der Waals surface area contributed by atoms with E-state index in [0.717, 1.165) is 11.3 Å². The molecular weight excluding hydrogens is 332 g/mol. The van der Waals surface area contributed by atoms with Crippen LogP contribution in [0.5, 0.6) is 5.75 Å². The van der Waals surface area contributed by atoms with E-state index in [-0.39, 0.29) is 5.91 Å². The highest BCUT2D eigenvalue weighted by Gasteiger charge is 2.23. The lowest BCUT2D eigenvalue weighted by Crippen LogP contribution is -2.38. The van der Waals surface area contributed by atoms with E-state index in [0.29, 0.717) is 24.3 Å². The maximum Gasteiger partial charge on any atom is 0.420 e. The molecule has 0 saturated carbocycles. The van der Waals surface area contributed by atoms with Crippen molar-refractivity contribution in [1.82, 2.24) is 9.47 Å². The second-order valence-corrected chi connectivity index (χ2v) is 6.26. The number of aromatic nitrogens is 1. The summed E-state index contributed by atoms with van der Waals surface area (Å²) in [6.45, 7) is 4.47. The summed E-state index contributed by atoms with van der Waals surface area (Å²) in [5.74, 6) is 0.0992. The number of nitrogens with zero attached hydrogens (tertiary/aromatic N) is 2. The van der Waals surface area contributed by atoms with Crippen LogP contribution in [0.15, 0.2) is 57.7 Å². The average molecular weight is 354 g/mol. The minimum Gasteiger partial charge on any atom is -0.491 e. The number of rotatable bonds is 6. The molecule has 1 heterocycles. The smallest absolute Gasteiger partial charge is 0.420 e. The topological polar surface area (TPSA) is 64.7 Å². The number of carbonyl (C=O) groups is 1. The van der Waals surface area contributed by atoms with Gasteiger partial charge in [0.15, 0.2) is 5.58 Å². The van der Waals surface area contributed by atoms with Gasteiger partial charge in [-0.1, -0.05) is 30.3 Å². The van der Waals surface area contributed by atoms with E-state index in [9.17, 15) is 9.59 Å². The normalized spacial score (nSPS) is 12.1. The number of hydrogen-bond acceptors (Lipinski definition) is 4. The van der Waals surface area contributed by atoms with Gasteiger partial charge in [-0.05, 0) is 37.6 Å². The first kappa shape index (κ1) is 17.8. The molecule has 2 aromatic carbocycles. The molecule has 0 aliphatic heterocycles. The van der Waals surface area contributed by atoms with E-state index in [2.05, 4.69) is 0 Å². The predicted molar refractivity (Wildman–Crippen MR) is 99.5 cm³/mol. The summed E-state index contributed by atoms with van der Waals surface area (Å²) in [5, 5.41) is 0. The van der Waals surface area contributed by atoms with Crippen molar-refractivity contribution in [3.63, 3.8) is 0 Å². The van der Waals surface area contributed by atoms with Crippen LogP contribution < -0.4 is 10.5 Å². The van der Waals surface area contributed by atoms with Crippen LogP contribution in [-0.2, 0) is 4.79 Å². The van der Waals surface area contributed by atoms with Crippen molar-refractivity contribution < 1.29 is 13.9 Å². The summed E-state index contributed by atoms with van der Waals surface area (Å²) >= 11 is 0. The van der Waals surface area contributed by atoms with E-state index >= 15 is 0 Å². The number of oxazole rings is 1. The third-order valence-electron chi connectivity index (χ3n) is 4.42. The molecule has 0 fully saturated rings. The Labute approximate surface area is 151 Å². The summed E-state index contributed by atoms with van der Waals surface area (Å²) in [7, 11) is 1.70. The van der Waals surface area contributed by atoms with Crippen molar-refractivity contribution in [1.29, 1.82) is 0 Å². The molecule has 0 spiro atoms. The molecule has 26 heavy (non-hydrogen) atoms. The lowest BCUT2D eigenvalue weighted by Gasteiger charge is -2.22. The van der Waals surface area contributed by atoms with E-state index < -0.39 is 11.8 Å². The maximum atomic E-state index is 12.7. The van der Waals surface area contributed by atoms with Crippen LogP contribution in [0.1, 0.15) is 18.5 Å². The van der Waals surface area contributed by atoms with Crippen LogP contribution in [0.4, 0.5) is 0 Å². The molecule has 1 unspecified atom stereocenters. The van der Waals surface area contributed by atoms with Gasteiger partial charge in [-0.2, -0.15) is 0 Å². The Hall–Kier alpha value is -3.02. The Kier molecular flexibility index (Phi) is 5.11. The Balaban J connectivity index is 1.67. The Morgan fingerprint density at radius 2 is 1.88 bits per heavy atom. The van der Waals surface area contributed by atoms with E-state index in [1.807, 2.05) is 37.3 Å². The summed E-state index contributed by atoms with van der Waals surface area (Å²) in [6.07, 6.45) is 0. The molecule has 0 N–H and O–H groups in total. The first-order valence-corrected chi connectivity index (χ1v) is 8.52. The highest BCUT2D eigenvalue weighted by molar-refractivity contribution is 5.82. The monoisotopic (exact) mass is 354 g/mol. The fourth-order valence-corrected chi connectivity index (χ4v) is 2.90. The number of likely N-dealkylation sites (N-methyl/N-ethyl adjacent to an activating group) is 1. The molecule has 1 atom stereocenters. The molecule has 1 aromatic heterocycles. The van der Waals surface area contributed by atoms with Crippen molar-refractivity contribution in [3.05, 3.63) is 64.6 Å². The lowest BCUT2D eigenvalue weighted by molar-refractivity contribution is -0.133. The lowest BCUT2D eigenvalue weighted by atomic mass is 10.2. The van der Waals surface area contributed by atoms with Crippen LogP contribution >= 0.6 is 0 Å². The van der Waals surface area contributed by atoms with E-state index in [4.69, 9.17) is 9.15 Å². The summed E-state index contributed by atoms with van der Waals surface area (Å²) in [5.41, 5.74) is 2.14. The van der Waals surface area contributed by atoms with Gasteiger partial charge in [-0.3, -0.25) is 9.36 Å². The number of hydrogen-bond donors (Lipinski definition) is 0. The predicted octanol–water partition coefficient (Wildman–Crippen LogP) is 3.00. The largest absolute Gasteiger partial charge is 0.491 e. The van der Waals surface area contributed by atoms with Gasteiger partial charge >= 0.3 is 5.76 Å². The van der Waals surface area contributed by atoms with Crippen LogP contribution in [0, 0.1) is 6.92 Å². The number of ether oxygens (including phenoxy) is 1. The number of fused-ring (bicyclic) bond motifs is 1. The molecule has 0 bridgehead atoms. The number of amides is 1. The highest BCUT2D eigenvalue weighted by atomic mass is 16.5. The van der Waals surface area contributed by atoms with E-state index in [1.165, 1.54) is 4.57 Å². The number of aryl methyl sites for hydroxylation is 1. The maximum absolute atomic E-state index is 12.7. The van der Waals surface area contributed by atoms with E-state index in [1.54, 1.807) is 37.1 Å². The van der Waals surface area contributed by atoms with Crippen LogP contribution in [-0.4, -0.2) is 35.6 Å². The van der Waals surface area contributed by atoms with Crippen molar-refractivity contribution in [2.45, 2.75) is 19.9 Å². The average Bonchev–Trinajstić information content (AvgIpc) is 2.97. The summed E-state index contributed by atoms with van der Waals surface area (Å²) in [4.78, 5) is 26.4. The van der Waals surface area contributed by atoms with Crippen molar-refractivity contribution in [2.75, 3.05) is 20.2 Å². The molecule has 6 heteroatoms. The molecule has 6 nitrogen and oxygen atoms in total. The Morgan fingerprint density at radius 1 is 1.19 bits per heavy atom. The van der Waals surface area contributed by atoms with Gasteiger partial charge in [-0.15, -0.1) is 0 Å². The van der Waals surface area contributed by atoms with Crippen molar-refractivity contribution >= 4 is 17.0 Å². The fraction of sp³-hybridized carbons (Fsp3) is 0.300. The molecule has 3 aromatic rings. The van der Waals surface area contributed by atoms with Crippen LogP contribution in [0.2, 0.25) is 0 Å². The van der Waals surface area contributed by atoms with Crippen LogP contribution in [0.25, 0.3) is 11.1 Å². The van der Waals surface area contributed by atoms with Crippen molar-refractivity contribution in [3.8, 4) is 5.75 Å². The second kappa shape index (κ2) is 7.47. The Morgan fingerprint density at radius 3 is 2.65 bits per heavy atom. The van der Waals surface area contributed by atoms with Crippen molar-refractivity contribution in [2.24, 2.45) is 0 Å².